The maximum absolute atomic E-state index is 12.4. The van der Waals surface area contributed by atoms with Crippen LogP contribution in [0.1, 0.15) is 37.0 Å². The highest BCUT2D eigenvalue weighted by Crippen LogP contribution is 2.24. The van der Waals surface area contributed by atoms with Crippen LogP contribution in [0.3, 0.4) is 0 Å². The number of hydrogen-bond donors (Lipinski definition) is 2. The van der Waals surface area contributed by atoms with E-state index in [1.54, 1.807) is 23.1 Å². The third kappa shape index (κ3) is 4.26. The summed E-state index contributed by atoms with van der Waals surface area (Å²) in [5, 5.41) is 6.02. The van der Waals surface area contributed by atoms with Crippen LogP contribution in [0, 0.1) is 0 Å². The average molecular weight is 336 g/mol. The lowest BCUT2D eigenvalue weighted by Gasteiger charge is -2.24. The van der Waals surface area contributed by atoms with E-state index >= 15 is 0 Å². The van der Waals surface area contributed by atoms with Gasteiger partial charge in [0.15, 0.2) is 0 Å². The molecule has 0 aliphatic carbocycles. The Hall–Kier alpha value is -2.01. The lowest BCUT2D eigenvalue weighted by atomic mass is 10.2. The number of nitrogens with one attached hydrogen (secondary N) is 2. The van der Waals surface area contributed by atoms with E-state index in [0.29, 0.717) is 29.4 Å². The van der Waals surface area contributed by atoms with Crippen LogP contribution in [0.5, 0.6) is 0 Å². The number of amides is 3. The summed E-state index contributed by atoms with van der Waals surface area (Å²) in [7, 11) is 0. The van der Waals surface area contributed by atoms with Crippen molar-refractivity contribution in [1.29, 1.82) is 0 Å². The second kappa shape index (κ2) is 8.02. The Labute approximate surface area is 141 Å². The quantitative estimate of drug-likeness (QED) is 0.807. The van der Waals surface area contributed by atoms with Crippen molar-refractivity contribution in [1.82, 2.24) is 10.2 Å². The Balaban J connectivity index is 2.10. The molecule has 0 radical (unpaired) electrons. The van der Waals surface area contributed by atoms with Crippen LogP contribution >= 0.6 is 11.6 Å². The van der Waals surface area contributed by atoms with Crippen LogP contribution in [0.4, 0.5) is 10.5 Å². The SMILES string of the molecule is CCCNC(=O)c1ccc(Cl)c(NC(=O)N2CC=C[C@@H]2CC)c1. The largest absolute Gasteiger partial charge is 0.352 e. The van der Waals surface area contributed by atoms with Crippen LogP contribution in [0.2, 0.25) is 5.02 Å². The molecule has 2 N–H and O–H groups in total. The Morgan fingerprint density at radius 2 is 2.13 bits per heavy atom. The number of benzene rings is 1. The Bertz CT molecular complexity index is 616. The van der Waals surface area contributed by atoms with Crippen molar-refractivity contribution in [2.45, 2.75) is 32.7 Å². The first-order chi connectivity index (χ1) is 11.1. The van der Waals surface area contributed by atoms with Crippen molar-refractivity contribution in [2.75, 3.05) is 18.4 Å². The predicted octanol–water partition coefficient (Wildman–Crippen LogP) is 3.66. The lowest BCUT2D eigenvalue weighted by molar-refractivity contribution is 0.0953. The van der Waals surface area contributed by atoms with Crippen molar-refractivity contribution < 1.29 is 9.59 Å². The van der Waals surface area contributed by atoms with Gasteiger partial charge in [-0.25, -0.2) is 4.79 Å². The molecule has 1 aliphatic heterocycles. The fourth-order valence-electron chi connectivity index (χ4n) is 2.45. The molecule has 0 fully saturated rings. The third-order valence-electron chi connectivity index (χ3n) is 3.75. The van der Waals surface area contributed by atoms with Crippen LogP contribution in [0.15, 0.2) is 30.4 Å². The summed E-state index contributed by atoms with van der Waals surface area (Å²) in [4.78, 5) is 26.2. The van der Waals surface area contributed by atoms with E-state index in [-0.39, 0.29) is 18.0 Å². The van der Waals surface area contributed by atoms with Gasteiger partial charge in [-0.1, -0.05) is 37.6 Å². The number of anilines is 1. The first kappa shape index (κ1) is 17.3. The molecule has 1 atom stereocenters. The fourth-order valence-corrected chi connectivity index (χ4v) is 2.62. The van der Waals surface area contributed by atoms with E-state index in [1.807, 2.05) is 26.0 Å². The molecule has 1 aliphatic rings. The number of halogens is 1. The van der Waals surface area contributed by atoms with E-state index in [9.17, 15) is 9.59 Å². The zero-order valence-corrected chi connectivity index (χ0v) is 14.2. The normalized spacial score (nSPS) is 16.5. The molecule has 1 aromatic carbocycles. The molecule has 23 heavy (non-hydrogen) atoms. The van der Waals surface area contributed by atoms with Crippen molar-refractivity contribution in [3.8, 4) is 0 Å². The predicted molar refractivity (Wildman–Crippen MR) is 93.0 cm³/mol. The van der Waals surface area contributed by atoms with Crippen molar-refractivity contribution >= 4 is 29.2 Å². The maximum Gasteiger partial charge on any atom is 0.322 e. The molecule has 2 rings (SSSR count). The van der Waals surface area contributed by atoms with Crippen LogP contribution in [-0.4, -0.2) is 36.0 Å². The van der Waals surface area contributed by atoms with Gasteiger partial charge in [0, 0.05) is 18.7 Å². The molecule has 1 heterocycles. The highest BCUT2D eigenvalue weighted by molar-refractivity contribution is 6.33. The highest BCUT2D eigenvalue weighted by atomic mass is 35.5. The molecule has 5 nitrogen and oxygen atoms in total. The molecule has 1 aromatic rings. The van der Waals surface area contributed by atoms with Gasteiger partial charge in [0.25, 0.3) is 5.91 Å². The topological polar surface area (TPSA) is 61.4 Å². The molecule has 6 heteroatoms. The van der Waals surface area contributed by atoms with Gasteiger partial charge in [0.1, 0.15) is 0 Å². The molecule has 0 saturated carbocycles. The number of carbonyl (C=O) groups is 2. The van der Waals surface area contributed by atoms with Crippen LogP contribution in [0.25, 0.3) is 0 Å². The van der Waals surface area contributed by atoms with Gasteiger partial charge in [0.2, 0.25) is 0 Å². The minimum Gasteiger partial charge on any atom is -0.352 e. The highest BCUT2D eigenvalue weighted by Gasteiger charge is 2.23. The molecule has 124 valence electrons. The van der Waals surface area contributed by atoms with E-state index in [4.69, 9.17) is 11.6 Å². The molecular formula is C17H22ClN3O2. The summed E-state index contributed by atoms with van der Waals surface area (Å²) in [6.45, 7) is 5.22. The van der Waals surface area contributed by atoms with Gasteiger partial charge in [-0.05, 0) is 31.0 Å². The fraction of sp³-hybridized carbons (Fsp3) is 0.412. The van der Waals surface area contributed by atoms with Crippen molar-refractivity contribution in [3.63, 3.8) is 0 Å². The summed E-state index contributed by atoms with van der Waals surface area (Å²) in [6.07, 6.45) is 5.72. The van der Waals surface area contributed by atoms with Gasteiger partial charge in [-0.2, -0.15) is 0 Å². The zero-order valence-electron chi connectivity index (χ0n) is 13.4. The van der Waals surface area contributed by atoms with Crippen LogP contribution < -0.4 is 10.6 Å². The van der Waals surface area contributed by atoms with Crippen molar-refractivity contribution in [3.05, 3.63) is 40.9 Å². The molecule has 0 saturated heterocycles. The number of hydrogen-bond acceptors (Lipinski definition) is 2. The molecule has 0 aromatic heterocycles. The molecule has 0 spiro atoms. The van der Waals surface area contributed by atoms with E-state index in [1.165, 1.54) is 0 Å². The lowest BCUT2D eigenvalue weighted by Crippen LogP contribution is -2.39. The third-order valence-corrected chi connectivity index (χ3v) is 4.08. The summed E-state index contributed by atoms with van der Waals surface area (Å²) in [5.41, 5.74) is 0.923. The summed E-state index contributed by atoms with van der Waals surface area (Å²) >= 11 is 6.15. The monoisotopic (exact) mass is 335 g/mol. The van der Waals surface area contributed by atoms with E-state index in [2.05, 4.69) is 10.6 Å². The number of nitrogens with zero attached hydrogens (tertiary/aromatic N) is 1. The summed E-state index contributed by atoms with van der Waals surface area (Å²) in [5.74, 6) is -0.173. The van der Waals surface area contributed by atoms with E-state index < -0.39 is 0 Å². The Morgan fingerprint density at radius 1 is 1.35 bits per heavy atom. The number of urea groups is 1. The first-order valence-corrected chi connectivity index (χ1v) is 8.26. The summed E-state index contributed by atoms with van der Waals surface area (Å²) < 4.78 is 0. The smallest absolute Gasteiger partial charge is 0.322 e. The number of carbonyl (C=O) groups excluding carboxylic acids is 2. The molecule has 0 unspecified atom stereocenters. The maximum atomic E-state index is 12.4. The second-order valence-corrected chi connectivity index (χ2v) is 5.84. The Morgan fingerprint density at radius 3 is 2.83 bits per heavy atom. The minimum absolute atomic E-state index is 0.102. The van der Waals surface area contributed by atoms with Gasteiger partial charge in [-0.15, -0.1) is 0 Å². The Kier molecular flexibility index (Phi) is 6.04. The van der Waals surface area contributed by atoms with Gasteiger partial charge < -0.3 is 15.5 Å². The summed E-state index contributed by atoms with van der Waals surface area (Å²) in [6, 6.07) is 4.77. The first-order valence-electron chi connectivity index (χ1n) is 7.88. The van der Waals surface area contributed by atoms with Crippen molar-refractivity contribution in [2.24, 2.45) is 0 Å². The molecule has 3 amide bonds. The minimum atomic E-state index is -0.213. The van der Waals surface area contributed by atoms with Gasteiger partial charge >= 0.3 is 6.03 Å². The van der Waals surface area contributed by atoms with Gasteiger partial charge in [-0.3, -0.25) is 4.79 Å². The average Bonchev–Trinajstić information content (AvgIpc) is 3.03. The molecule has 0 bridgehead atoms. The molecular weight excluding hydrogens is 314 g/mol. The van der Waals surface area contributed by atoms with Gasteiger partial charge in [0.05, 0.1) is 16.8 Å². The number of rotatable bonds is 5. The van der Waals surface area contributed by atoms with Crippen LogP contribution in [-0.2, 0) is 0 Å². The standard InChI is InChI=1S/C17H22ClN3O2/c1-3-9-19-16(22)12-7-8-14(18)15(11-12)20-17(23)21-10-5-6-13(21)4-2/h5-8,11,13H,3-4,9-10H2,1-2H3,(H,19,22)(H,20,23)/t13-/m0/s1. The second-order valence-electron chi connectivity index (χ2n) is 5.44. The van der Waals surface area contributed by atoms with E-state index in [0.717, 1.165) is 12.8 Å². The zero-order chi connectivity index (χ0) is 16.8.